The van der Waals surface area contributed by atoms with Gasteiger partial charge in [0.15, 0.2) is 17.5 Å². The largest absolute Gasteiger partial charge is 0.354 e. The number of hydrogen-bond acceptors (Lipinski definition) is 5. The molecule has 152 valence electrons. The number of imidazole rings is 2. The molecule has 0 unspecified atom stereocenters. The number of nitrogens with zero attached hydrogens (tertiary/aromatic N) is 5. The van der Waals surface area contributed by atoms with E-state index in [0.717, 1.165) is 15.8 Å². The highest BCUT2D eigenvalue weighted by Gasteiger charge is 2.22. The SMILES string of the molecule is COC(Cn1c(-c2ccc(Cl)cc2)cn2c3c(=O)n(C)c(=O)n(C)c3nc12)OC. The van der Waals surface area contributed by atoms with Crippen molar-refractivity contribution in [2.75, 3.05) is 14.2 Å². The van der Waals surface area contributed by atoms with Crippen LogP contribution >= 0.6 is 11.6 Å². The first kappa shape index (κ1) is 19.4. The molecule has 0 aliphatic heterocycles. The van der Waals surface area contributed by atoms with Crippen LogP contribution in [0.4, 0.5) is 0 Å². The summed E-state index contributed by atoms with van der Waals surface area (Å²) >= 11 is 6.03. The van der Waals surface area contributed by atoms with Crippen molar-refractivity contribution in [3.8, 4) is 11.3 Å². The van der Waals surface area contributed by atoms with Gasteiger partial charge in [-0.3, -0.25) is 18.3 Å². The van der Waals surface area contributed by atoms with Crippen LogP contribution in [0.3, 0.4) is 0 Å². The van der Waals surface area contributed by atoms with Gasteiger partial charge in [-0.2, -0.15) is 4.98 Å². The lowest BCUT2D eigenvalue weighted by atomic mass is 10.1. The molecule has 0 saturated carbocycles. The van der Waals surface area contributed by atoms with E-state index in [9.17, 15) is 9.59 Å². The lowest BCUT2D eigenvalue weighted by Crippen LogP contribution is -2.37. The van der Waals surface area contributed by atoms with Gasteiger partial charge in [-0.25, -0.2) is 4.79 Å². The first-order valence-electron chi connectivity index (χ1n) is 8.86. The summed E-state index contributed by atoms with van der Waals surface area (Å²) in [6, 6.07) is 7.36. The summed E-state index contributed by atoms with van der Waals surface area (Å²) in [5, 5.41) is 0.623. The van der Waals surface area contributed by atoms with E-state index in [4.69, 9.17) is 21.1 Å². The number of rotatable bonds is 5. The van der Waals surface area contributed by atoms with E-state index in [1.807, 2.05) is 22.9 Å². The van der Waals surface area contributed by atoms with Crippen LogP contribution in [0.1, 0.15) is 0 Å². The van der Waals surface area contributed by atoms with Crippen molar-refractivity contribution in [2.45, 2.75) is 12.8 Å². The van der Waals surface area contributed by atoms with Gasteiger partial charge in [0, 0.05) is 39.5 Å². The Balaban J connectivity index is 2.08. The van der Waals surface area contributed by atoms with Crippen LogP contribution in [-0.4, -0.2) is 43.6 Å². The fraction of sp³-hybridized carbons (Fsp3) is 0.316. The molecule has 29 heavy (non-hydrogen) atoms. The number of aryl methyl sites for hydroxylation is 1. The normalized spacial score (nSPS) is 11.9. The average Bonchev–Trinajstić information content (AvgIpc) is 3.26. The Bertz CT molecular complexity index is 1330. The van der Waals surface area contributed by atoms with E-state index in [2.05, 4.69) is 4.98 Å². The van der Waals surface area contributed by atoms with Crippen LogP contribution in [0, 0.1) is 0 Å². The van der Waals surface area contributed by atoms with E-state index < -0.39 is 17.5 Å². The molecule has 0 atom stereocenters. The number of aromatic nitrogens is 5. The fourth-order valence-corrected chi connectivity index (χ4v) is 3.57. The van der Waals surface area contributed by atoms with Crippen LogP contribution < -0.4 is 11.2 Å². The molecular weight excluding hydrogens is 398 g/mol. The van der Waals surface area contributed by atoms with Gasteiger partial charge >= 0.3 is 5.69 Å². The fourth-order valence-electron chi connectivity index (χ4n) is 3.44. The summed E-state index contributed by atoms with van der Waals surface area (Å²) < 4.78 is 16.8. The molecule has 0 N–H and O–H groups in total. The summed E-state index contributed by atoms with van der Waals surface area (Å²) in [6.07, 6.45) is 1.30. The molecule has 0 radical (unpaired) electrons. The predicted octanol–water partition coefficient (Wildman–Crippen LogP) is 1.63. The number of ether oxygens (including phenoxy) is 2. The van der Waals surface area contributed by atoms with Crippen molar-refractivity contribution < 1.29 is 9.47 Å². The second-order valence-electron chi connectivity index (χ2n) is 6.69. The van der Waals surface area contributed by atoms with Gasteiger partial charge in [0.05, 0.1) is 12.2 Å². The third kappa shape index (κ3) is 2.98. The van der Waals surface area contributed by atoms with Crippen molar-refractivity contribution in [1.29, 1.82) is 0 Å². The Morgan fingerprint density at radius 3 is 2.34 bits per heavy atom. The lowest BCUT2D eigenvalue weighted by molar-refractivity contribution is -0.110. The van der Waals surface area contributed by atoms with Gasteiger partial charge in [0.25, 0.3) is 5.56 Å². The zero-order valence-electron chi connectivity index (χ0n) is 16.4. The Kier molecular flexibility index (Phi) is 4.81. The van der Waals surface area contributed by atoms with Crippen LogP contribution in [0.5, 0.6) is 0 Å². The molecule has 0 saturated heterocycles. The second-order valence-corrected chi connectivity index (χ2v) is 7.13. The van der Waals surface area contributed by atoms with Crippen molar-refractivity contribution in [3.05, 3.63) is 56.3 Å². The Morgan fingerprint density at radius 1 is 1.07 bits per heavy atom. The van der Waals surface area contributed by atoms with E-state index in [1.54, 1.807) is 37.8 Å². The Labute approximate surface area is 170 Å². The van der Waals surface area contributed by atoms with Crippen LogP contribution in [-0.2, 0) is 30.1 Å². The standard InChI is InChI=1S/C19H20ClN5O4/c1-22-16-15(17(26)23(2)19(22)27)25-9-13(11-5-7-12(20)8-6-11)24(18(25)21-16)10-14(28-3)29-4/h5-9,14H,10H2,1-4H3. The molecule has 4 rings (SSSR count). The van der Waals surface area contributed by atoms with Crippen molar-refractivity contribution in [1.82, 2.24) is 23.1 Å². The van der Waals surface area contributed by atoms with E-state index >= 15 is 0 Å². The lowest BCUT2D eigenvalue weighted by Gasteiger charge is -2.16. The van der Waals surface area contributed by atoms with Crippen molar-refractivity contribution in [2.24, 2.45) is 14.1 Å². The average molecular weight is 418 g/mol. The Morgan fingerprint density at radius 2 is 1.72 bits per heavy atom. The van der Waals surface area contributed by atoms with Gasteiger partial charge in [-0.15, -0.1) is 0 Å². The topological polar surface area (TPSA) is 84.7 Å². The highest BCUT2D eigenvalue weighted by atomic mass is 35.5. The minimum atomic E-state index is -0.524. The molecular formula is C19H20ClN5O4. The predicted molar refractivity (Wildman–Crippen MR) is 109 cm³/mol. The molecule has 0 amide bonds. The number of fused-ring (bicyclic) bond motifs is 3. The van der Waals surface area contributed by atoms with Crippen LogP contribution in [0.2, 0.25) is 5.02 Å². The quantitative estimate of drug-likeness (QED) is 0.461. The van der Waals surface area contributed by atoms with Gasteiger partial charge in [-0.1, -0.05) is 23.7 Å². The van der Waals surface area contributed by atoms with Crippen molar-refractivity contribution in [3.63, 3.8) is 0 Å². The van der Waals surface area contributed by atoms with Crippen molar-refractivity contribution >= 4 is 28.5 Å². The molecule has 0 aliphatic rings. The molecule has 0 aliphatic carbocycles. The molecule has 0 spiro atoms. The Hall–Kier alpha value is -2.88. The maximum absolute atomic E-state index is 12.8. The molecule has 0 bridgehead atoms. The third-order valence-corrected chi connectivity index (χ3v) is 5.31. The summed E-state index contributed by atoms with van der Waals surface area (Å²) in [6.45, 7) is 0.332. The zero-order valence-corrected chi connectivity index (χ0v) is 17.2. The minimum Gasteiger partial charge on any atom is -0.354 e. The smallest absolute Gasteiger partial charge is 0.332 e. The van der Waals surface area contributed by atoms with E-state index in [0.29, 0.717) is 28.5 Å². The minimum absolute atomic E-state index is 0.316. The number of benzene rings is 1. The first-order chi connectivity index (χ1) is 13.9. The monoisotopic (exact) mass is 417 g/mol. The summed E-state index contributed by atoms with van der Waals surface area (Å²) in [5.74, 6) is 0.502. The second kappa shape index (κ2) is 7.18. The van der Waals surface area contributed by atoms with E-state index in [1.165, 1.54) is 11.6 Å². The molecule has 10 heteroatoms. The summed E-state index contributed by atoms with van der Waals surface area (Å²) in [4.78, 5) is 29.7. The summed E-state index contributed by atoms with van der Waals surface area (Å²) in [7, 11) is 6.15. The molecule has 4 aromatic rings. The van der Waals surface area contributed by atoms with Gasteiger partial charge in [0.2, 0.25) is 5.78 Å². The summed E-state index contributed by atoms with van der Waals surface area (Å²) in [5.41, 5.74) is 1.49. The number of hydrogen-bond donors (Lipinski definition) is 0. The number of halogens is 1. The third-order valence-electron chi connectivity index (χ3n) is 5.05. The maximum Gasteiger partial charge on any atom is 0.332 e. The molecule has 3 heterocycles. The highest BCUT2D eigenvalue weighted by Crippen LogP contribution is 2.27. The van der Waals surface area contributed by atoms with Gasteiger partial charge in [0.1, 0.15) is 0 Å². The molecule has 1 aromatic carbocycles. The van der Waals surface area contributed by atoms with Gasteiger partial charge in [-0.05, 0) is 17.7 Å². The molecule has 9 nitrogen and oxygen atoms in total. The van der Waals surface area contributed by atoms with Gasteiger partial charge < -0.3 is 14.0 Å². The van der Waals surface area contributed by atoms with E-state index in [-0.39, 0.29) is 0 Å². The molecule has 0 fully saturated rings. The van der Waals surface area contributed by atoms with Crippen LogP contribution in [0.25, 0.3) is 28.2 Å². The first-order valence-corrected chi connectivity index (χ1v) is 9.24. The zero-order chi connectivity index (χ0) is 20.9. The molecule has 3 aromatic heterocycles. The van der Waals surface area contributed by atoms with Crippen LogP contribution in [0.15, 0.2) is 40.1 Å². The highest BCUT2D eigenvalue weighted by molar-refractivity contribution is 6.30. The maximum atomic E-state index is 12.8. The number of methoxy groups -OCH3 is 2.